The second kappa shape index (κ2) is 4.37. The van der Waals surface area contributed by atoms with Gasteiger partial charge in [0.1, 0.15) is 0 Å². The molecule has 0 aliphatic heterocycles. The van der Waals surface area contributed by atoms with E-state index in [1.165, 1.54) is 5.69 Å². The third-order valence-corrected chi connectivity index (χ3v) is 4.39. The van der Waals surface area contributed by atoms with E-state index < -0.39 is 0 Å². The van der Waals surface area contributed by atoms with Crippen molar-refractivity contribution in [2.24, 2.45) is 5.41 Å². The van der Waals surface area contributed by atoms with E-state index in [2.05, 4.69) is 50.5 Å². The molecule has 1 aliphatic carbocycles. The van der Waals surface area contributed by atoms with Gasteiger partial charge in [0, 0.05) is 17.7 Å². The molecule has 0 amide bonds. The first-order valence-corrected chi connectivity index (χ1v) is 6.99. The van der Waals surface area contributed by atoms with Crippen LogP contribution in [0.3, 0.4) is 0 Å². The summed E-state index contributed by atoms with van der Waals surface area (Å²) in [6, 6.07) is 2.67. The van der Waals surface area contributed by atoms with Crippen molar-refractivity contribution in [1.29, 1.82) is 0 Å². The molecule has 0 unspecified atom stereocenters. The molecule has 1 aromatic rings. The molecule has 1 heterocycles. The Morgan fingerprint density at radius 3 is 2.50 bits per heavy atom. The van der Waals surface area contributed by atoms with Crippen LogP contribution in [0.4, 0.5) is 0 Å². The van der Waals surface area contributed by atoms with Gasteiger partial charge < -0.3 is 5.11 Å². The van der Waals surface area contributed by atoms with Crippen LogP contribution in [0.2, 0.25) is 0 Å². The van der Waals surface area contributed by atoms with E-state index in [0.29, 0.717) is 12.6 Å². The SMILES string of the molecule is CCC1(CO)CC(n2nc(C)cc2C(C)(C)C)C1. The number of aliphatic hydroxyl groups is 1. The number of aliphatic hydroxyl groups excluding tert-OH is 1. The van der Waals surface area contributed by atoms with E-state index in [9.17, 15) is 5.11 Å². The fourth-order valence-corrected chi connectivity index (χ4v) is 3.00. The third kappa shape index (κ3) is 2.20. The van der Waals surface area contributed by atoms with Crippen LogP contribution in [-0.4, -0.2) is 21.5 Å². The Labute approximate surface area is 110 Å². The maximum Gasteiger partial charge on any atom is 0.0596 e. The summed E-state index contributed by atoms with van der Waals surface area (Å²) in [6.07, 6.45) is 3.18. The summed E-state index contributed by atoms with van der Waals surface area (Å²) in [5, 5.41) is 14.2. The van der Waals surface area contributed by atoms with Gasteiger partial charge in [-0.2, -0.15) is 5.10 Å². The molecule has 0 aromatic carbocycles. The Morgan fingerprint density at radius 2 is 2.06 bits per heavy atom. The van der Waals surface area contributed by atoms with E-state index >= 15 is 0 Å². The molecular weight excluding hydrogens is 224 g/mol. The smallest absolute Gasteiger partial charge is 0.0596 e. The Kier molecular flexibility index (Phi) is 3.30. The predicted octanol–water partition coefficient (Wildman–Crippen LogP) is 3.21. The average Bonchev–Trinajstić information content (AvgIpc) is 2.60. The lowest BCUT2D eigenvalue weighted by Gasteiger charge is -2.47. The first-order valence-electron chi connectivity index (χ1n) is 6.99. The fourth-order valence-electron chi connectivity index (χ4n) is 3.00. The van der Waals surface area contributed by atoms with Crippen molar-refractivity contribution >= 4 is 0 Å². The van der Waals surface area contributed by atoms with Crippen LogP contribution in [0.15, 0.2) is 6.07 Å². The summed E-state index contributed by atoms with van der Waals surface area (Å²) >= 11 is 0. The van der Waals surface area contributed by atoms with E-state index in [-0.39, 0.29) is 10.8 Å². The van der Waals surface area contributed by atoms with Gasteiger partial charge in [0.05, 0.1) is 11.7 Å². The summed E-state index contributed by atoms with van der Waals surface area (Å²) in [5.74, 6) is 0. The third-order valence-electron chi connectivity index (χ3n) is 4.39. The lowest BCUT2D eigenvalue weighted by Crippen LogP contribution is -2.42. The minimum absolute atomic E-state index is 0.130. The molecule has 18 heavy (non-hydrogen) atoms. The highest BCUT2D eigenvalue weighted by molar-refractivity contribution is 5.19. The average molecular weight is 250 g/mol. The standard InChI is InChI=1S/C15H26N2O/c1-6-15(10-18)8-12(9-15)17-13(14(3,4)5)7-11(2)16-17/h7,12,18H,6,8-10H2,1-5H3. The molecule has 0 atom stereocenters. The largest absolute Gasteiger partial charge is 0.396 e. The van der Waals surface area contributed by atoms with E-state index in [0.717, 1.165) is 25.0 Å². The maximum atomic E-state index is 9.51. The van der Waals surface area contributed by atoms with Crippen molar-refractivity contribution in [2.75, 3.05) is 6.61 Å². The Bertz CT molecular complexity index is 416. The van der Waals surface area contributed by atoms with E-state index in [4.69, 9.17) is 0 Å². The molecule has 0 saturated heterocycles. The first kappa shape index (κ1) is 13.6. The van der Waals surface area contributed by atoms with Gasteiger partial charge in [-0.15, -0.1) is 0 Å². The van der Waals surface area contributed by atoms with Gasteiger partial charge in [-0.25, -0.2) is 0 Å². The summed E-state index contributed by atoms with van der Waals surface area (Å²) in [6.45, 7) is 11.2. The normalized spacial score (nSPS) is 28.2. The molecule has 2 rings (SSSR count). The molecule has 0 radical (unpaired) electrons. The van der Waals surface area contributed by atoms with Crippen LogP contribution in [-0.2, 0) is 5.41 Å². The first-order chi connectivity index (χ1) is 8.31. The highest BCUT2D eigenvalue weighted by atomic mass is 16.3. The minimum Gasteiger partial charge on any atom is -0.396 e. The second-order valence-corrected chi connectivity index (χ2v) is 6.94. The highest BCUT2D eigenvalue weighted by Crippen LogP contribution is 2.51. The van der Waals surface area contributed by atoms with Crippen LogP contribution in [0.1, 0.15) is 64.4 Å². The van der Waals surface area contributed by atoms with Crippen molar-refractivity contribution in [1.82, 2.24) is 9.78 Å². The van der Waals surface area contributed by atoms with Crippen molar-refractivity contribution in [3.8, 4) is 0 Å². The molecule has 0 spiro atoms. The molecular formula is C15H26N2O. The van der Waals surface area contributed by atoms with Gasteiger partial charge in [0.25, 0.3) is 0 Å². The van der Waals surface area contributed by atoms with Crippen LogP contribution >= 0.6 is 0 Å². The van der Waals surface area contributed by atoms with Gasteiger partial charge in [-0.05, 0) is 37.7 Å². The number of aryl methyl sites for hydroxylation is 1. The zero-order valence-electron chi connectivity index (χ0n) is 12.3. The van der Waals surface area contributed by atoms with Gasteiger partial charge in [0.15, 0.2) is 0 Å². The summed E-state index contributed by atoms with van der Waals surface area (Å²) in [7, 11) is 0. The molecule has 0 bridgehead atoms. The zero-order chi connectivity index (χ0) is 13.6. The van der Waals surface area contributed by atoms with Gasteiger partial charge in [0.2, 0.25) is 0 Å². The number of nitrogens with zero attached hydrogens (tertiary/aromatic N) is 2. The van der Waals surface area contributed by atoms with Crippen LogP contribution < -0.4 is 0 Å². The molecule has 1 aliphatic rings. The van der Waals surface area contributed by atoms with Crippen LogP contribution in [0, 0.1) is 12.3 Å². The summed E-state index contributed by atoms with van der Waals surface area (Å²) < 4.78 is 2.21. The molecule has 3 nitrogen and oxygen atoms in total. The molecule has 102 valence electrons. The Morgan fingerprint density at radius 1 is 1.44 bits per heavy atom. The Hall–Kier alpha value is -0.830. The Balaban J connectivity index is 2.22. The molecule has 1 aromatic heterocycles. The van der Waals surface area contributed by atoms with Gasteiger partial charge in [-0.1, -0.05) is 27.7 Å². The van der Waals surface area contributed by atoms with Crippen molar-refractivity contribution in [2.45, 2.75) is 65.3 Å². The van der Waals surface area contributed by atoms with Gasteiger partial charge >= 0.3 is 0 Å². The molecule has 3 heteroatoms. The van der Waals surface area contributed by atoms with Crippen molar-refractivity contribution in [3.05, 3.63) is 17.5 Å². The molecule has 1 fully saturated rings. The quantitative estimate of drug-likeness (QED) is 0.894. The second-order valence-electron chi connectivity index (χ2n) is 6.94. The molecule has 1 N–H and O–H groups in total. The van der Waals surface area contributed by atoms with Crippen molar-refractivity contribution < 1.29 is 5.11 Å². The summed E-state index contributed by atoms with van der Waals surface area (Å²) in [4.78, 5) is 0. The number of hydrogen-bond donors (Lipinski definition) is 1. The van der Waals surface area contributed by atoms with Gasteiger partial charge in [-0.3, -0.25) is 4.68 Å². The lowest BCUT2D eigenvalue weighted by atomic mass is 9.64. The van der Waals surface area contributed by atoms with E-state index in [1.807, 2.05) is 0 Å². The number of hydrogen-bond acceptors (Lipinski definition) is 2. The molecule has 1 saturated carbocycles. The highest BCUT2D eigenvalue weighted by Gasteiger charge is 2.44. The maximum absolute atomic E-state index is 9.51. The monoisotopic (exact) mass is 250 g/mol. The van der Waals surface area contributed by atoms with Crippen molar-refractivity contribution in [3.63, 3.8) is 0 Å². The fraction of sp³-hybridized carbons (Fsp3) is 0.800. The lowest BCUT2D eigenvalue weighted by molar-refractivity contribution is -0.00882. The van der Waals surface area contributed by atoms with E-state index in [1.54, 1.807) is 0 Å². The minimum atomic E-state index is 0.130. The predicted molar refractivity (Wildman–Crippen MR) is 73.7 cm³/mol. The van der Waals surface area contributed by atoms with Crippen LogP contribution in [0.5, 0.6) is 0 Å². The number of rotatable bonds is 3. The topological polar surface area (TPSA) is 38.0 Å². The number of aromatic nitrogens is 2. The summed E-state index contributed by atoms with van der Waals surface area (Å²) in [5.41, 5.74) is 2.69. The van der Waals surface area contributed by atoms with Crippen LogP contribution in [0.25, 0.3) is 0 Å². The zero-order valence-corrected chi connectivity index (χ0v) is 12.3.